The minimum Gasteiger partial charge on any atom is -0.465 e. The molecule has 1 aliphatic rings. The zero-order valence-electron chi connectivity index (χ0n) is 14.5. The maximum Gasteiger partial charge on any atom is 0.337 e. The van der Waals surface area contributed by atoms with Crippen LogP contribution in [0.15, 0.2) is 36.7 Å². The number of ether oxygens (including phenoxy) is 1. The molecule has 132 valence electrons. The Morgan fingerprint density at radius 3 is 2.28 bits per heavy atom. The molecule has 7 heteroatoms. The SMILES string of the molecule is COC(=O)c1ccc(C(=O)N2CCN(Cc3cnn(C)c3)CC2)cc1. The van der Waals surface area contributed by atoms with Crippen LogP contribution >= 0.6 is 0 Å². The number of piperazine rings is 1. The predicted octanol–water partition coefficient (Wildman–Crippen LogP) is 1.16. The smallest absolute Gasteiger partial charge is 0.337 e. The van der Waals surface area contributed by atoms with Gasteiger partial charge in [0.05, 0.1) is 18.9 Å². The van der Waals surface area contributed by atoms with Gasteiger partial charge in [0.15, 0.2) is 0 Å². The van der Waals surface area contributed by atoms with Gasteiger partial charge in [0.1, 0.15) is 0 Å². The van der Waals surface area contributed by atoms with E-state index in [1.165, 1.54) is 12.7 Å². The molecule has 1 aromatic carbocycles. The lowest BCUT2D eigenvalue weighted by molar-refractivity contribution is 0.0596. The molecule has 2 heterocycles. The molecule has 0 spiro atoms. The van der Waals surface area contributed by atoms with Crippen molar-refractivity contribution in [3.05, 3.63) is 53.3 Å². The number of nitrogens with zero attached hydrogens (tertiary/aromatic N) is 4. The summed E-state index contributed by atoms with van der Waals surface area (Å²) in [5.41, 5.74) is 2.22. The minimum atomic E-state index is -0.400. The van der Waals surface area contributed by atoms with E-state index in [1.54, 1.807) is 28.9 Å². The van der Waals surface area contributed by atoms with Crippen molar-refractivity contribution in [2.45, 2.75) is 6.54 Å². The first-order valence-electron chi connectivity index (χ1n) is 8.24. The predicted molar refractivity (Wildman–Crippen MR) is 92.2 cm³/mol. The first-order valence-corrected chi connectivity index (χ1v) is 8.24. The van der Waals surface area contributed by atoms with Crippen LogP contribution < -0.4 is 0 Å². The molecule has 1 saturated heterocycles. The Hall–Kier alpha value is -2.67. The number of rotatable bonds is 4. The van der Waals surface area contributed by atoms with Gasteiger partial charge in [-0.2, -0.15) is 5.10 Å². The van der Waals surface area contributed by atoms with Crippen LogP contribution in [0.5, 0.6) is 0 Å². The van der Waals surface area contributed by atoms with E-state index < -0.39 is 5.97 Å². The van der Waals surface area contributed by atoms with E-state index in [0.717, 1.165) is 19.6 Å². The van der Waals surface area contributed by atoms with E-state index in [1.807, 2.05) is 24.3 Å². The van der Waals surface area contributed by atoms with Crippen LogP contribution in [0.1, 0.15) is 26.3 Å². The largest absolute Gasteiger partial charge is 0.465 e. The third-order valence-corrected chi connectivity index (χ3v) is 4.38. The van der Waals surface area contributed by atoms with Crippen molar-refractivity contribution in [3.8, 4) is 0 Å². The topological polar surface area (TPSA) is 67.7 Å². The molecule has 1 fully saturated rings. The maximum atomic E-state index is 12.6. The van der Waals surface area contributed by atoms with Crippen LogP contribution in [-0.4, -0.2) is 64.7 Å². The Kier molecular flexibility index (Phi) is 5.14. The average Bonchev–Trinajstić information content (AvgIpc) is 3.06. The lowest BCUT2D eigenvalue weighted by Crippen LogP contribution is -2.48. The van der Waals surface area contributed by atoms with Crippen molar-refractivity contribution in [3.63, 3.8) is 0 Å². The standard InChI is InChI=1S/C18H22N4O3/c1-20-12-14(11-19-20)13-21-7-9-22(10-8-21)17(23)15-3-5-16(6-4-15)18(24)25-2/h3-6,11-12H,7-10,13H2,1-2H3. The Morgan fingerprint density at radius 2 is 1.72 bits per heavy atom. The van der Waals surface area contributed by atoms with Crippen LogP contribution in [0.3, 0.4) is 0 Å². The highest BCUT2D eigenvalue weighted by atomic mass is 16.5. The number of methoxy groups -OCH3 is 1. The Balaban J connectivity index is 1.55. The Labute approximate surface area is 146 Å². The fourth-order valence-corrected chi connectivity index (χ4v) is 2.97. The molecule has 0 atom stereocenters. The molecule has 0 aliphatic carbocycles. The van der Waals surface area contributed by atoms with Crippen molar-refractivity contribution < 1.29 is 14.3 Å². The lowest BCUT2D eigenvalue weighted by atomic mass is 10.1. The summed E-state index contributed by atoms with van der Waals surface area (Å²) in [6, 6.07) is 6.60. The van der Waals surface area contributed by atoms with Gasteiger partial charge in [-0.15, -0.1) is 0 Å². The summed E-state index contributed by atoms with van der Waals surface area (Å²) in [6.45, 7) is 3.90. The second-order valence-electron chi connectivity index (χ2n) is 6.16. The molecule has 1 aromatic heterocycles. The molecule has 7 nitrogen and oxygen atoms in total. The van der Waals surface area contributed by atoms with E-state index in [9.17, 15) is 9.59 Å². The van der Waals surface area contributed by atoms with E-state index in [2.05, 4.69) is 14.7 Å². The molecule has 0 N–H and O–H groups in total. The highest BCUT2D eigenvalue weighted by molar-refractivity contribution is 5.96. The Bertz CT molecular complexity index is 746. The Morgan fingerprint density at radius 1 is 1.08 bits per heavy atom. The van der Waals surface area contributed by atoms with Crippen molar-refractivity contribution in [1.29, 1.82) is 0 Å². The quantitative estimate of drug-likeness (QED) is 0.780. The summed E-state index contributed by atoms with van der Waals surface area (Å²) in [5, 5.41) is 4.18. The zero-order chi connectivity index (χ0) is 17.8. The van der Waals surface area contributed by atoms with Gasteiger partial charge < -0.3 is 9.64 Å². The zero-order valence-corrected chi connectivity index (χ0v) is 14.5. The fourth-order valence-electron chi connectivity index (χ4n) is 2.97. The van der Waals surface area contributed by atoms with Gasteiger partial charge in [0.25, 0.3) is 5.91 Å². The third-order valence-electron chi connectivity index (χ3n) is 4.38. The number of aryl methyl sites for hydroxylation is 1. The van der Waals surface area contributed by atoms with E-state index in [-0.39, 0.29) is 5.91 Å². The van der Waals surface area contributed by atoms with Gasteiger partial charge in [0.2, 0.25) is 0 Å². The summed E-state index contributed by atoms with van der Waals surface area (Å²) >= 11 is 0. The number of benzene rings is 1. The van der Waals surface area contributed by atoms with Crippen molar-refractivity contribution >= 4 is 11.9 Å². The molecule has 0 saturated carbocycles. The molecule has 0 bridgehead atoms. The monoisotopic (exact) mass is 342 g/mol. The van der Waals surface area contributed by atoms with Crippen LogP contribution in [0.4, 0.5) is 0 Å². The molecule has 0 unspecified atom stereocenters. The van der Waals surface area contributed by atoms with Gasteiger partial charge in [0, 0.05) is 57.1 Å². The molecule has 1 amide bonds. The number of esters is 1. The first-order chi connectivity index (χ1) is 12.1. The average molecular weight is 342 g/mol. The molecule has 0 radical (unpaired) electrons. The summed E-state index contributed by atoms with van der Waals surface area (Å²) < 4.78 is 6.47. The molecule has 2 aromatic rings. The third kappa shape index (κ3) is 4.06. The minimum absolute atomic E-state index is 0.00237. The summed E-state index contributed by atoms with van der Waals surface area (Å²) in [7, 11) is 3.25. The van der Waals surface area contributed by atoms with Crippen molar-refractivity contribution in [2.24, 2.45) is 7.05 Å². The van der Waals surface area contributed by atoms with Gasteiger partial charge in [-0.25, -0.2) is 4.79 Å². The van der Waals surface area contributed by atoms with Gasteiger partial charge in [-0.3, -0.25) is 14.4 Å². The maximum absolute atomic E-state index is 12.6. The second kappa shape index (κ2) is 7.48. The van der Waals surface area contributed by atoms with Gasteiger partial charge in [-0.1, -0.05) is 0 Å². The van der Waals surface area contributed by atoms with Gasteiger partial charge >= 0.3 is 5.97 Å². The first kappa shape index (κ1) is 17.2. The van der Waals surface area contributed by atoms with Crippen molar-refractivity contribution in [1.82, 2.24) is 19.6 Å². The number of carbonyl (C=O) groups excluding carboxylic acids is 2. The van der Waals surface area contributed by atoms with Crippen LogP contribution in [0.25, 0.3) is 0 Å². The van der Waals surface area contributed by atoms with Crippen LogP contribution in [0, 0.1) is 0 Å². The fraction of sp³-hybridized carbons (Fsp3) is 0.389. The summed E-state index contributed by atoms with van der Waals surface area (Å²) in [6.07, 6.45) is 3.89. The second-order valence-corrected chi connectivity index (χ2v) is 6.16. The molecule has 3 rings (SSSR count). The summed E-state index contributed by atoms with van der Waals surface area (Å²) in [5.74, 6) is -0.402. The van der Waals surface area contributed by atoms with Crippen molar-refractivity contribution in [2.75, 3.05) is 33.3 Å². The number of aromatic nitrogens is 2. The van der Waals surface area contributed by atoms with E-state index in [4.69, 9.17) is 0 Å². The molecule has 1 aliphatic heterocycles. The highest BCUT2D eigenvalue weighted by Gasteiger charge is 2.22. The van der Waals surface area contributed by atoms with E-state index in [0.29, 0.717) is 24.2 Å². The molecular weight excluding hydrogens is 320 g/mol. The lowest BCUT2D eigenvalue weighted by Gasteiger charge is -2.34. The number of amides is 1. The van der Waals surface area contributed by atoms with Gasteiger partial charge in [-0.05, 0) is 24.3 Å². The number of hydrogen-bond acceptors (Lipinski definition) is 5. The molecular formula is C18H22N4O3. The highest BCUT2D eigenvalue weighted by Crippen LogP contribution is 2.13. The van der Waals surface area contributed by atoms with Crippen LogP contribution in [-0.2, 0) is 18.3 Å². The number of hydrogen-bond donors (Lipinski definition) is 0. The normalized spacial score (nSPS) is 15.2. The molecule has 25 heavy (non-hydrogen) atoms. The summed E-state index contributed by atoms with van der Waals surface area (Å²) in [4.78, 5) is 28.2. The number of carbonyl (C=O) groups is 2. The van der Waals surface area contributed by atoms with Crippen LogP contribution in [0.2, 0.25) is 0 Å². The van der Waals surface area contributed by atoms with E-state index >= 15 is 0 Å².